The quantitative estimate of drug-likeness (QED) is 0.889. The van der Waals surface area contributed by atoms with Crippen molar-refractivity contribution in [1.29, 1.82) is 0 Å². The van der Waals surface area contributed by atoms with E-state index in [4.69, 9.17) is 22.4 Å². The van der Waals surface area contributed by atoms with Crippen molar-refractivity contribution in [2.75, 3.05) is 6.61 Å². The van der Waals surface area contributed by atoms with Crippen LogP contribution in [0.2, 0.25) is 5.02 Å². The standard InChI is InChI=1S/C10H13BrClNO/c11-9-6-7(12)3-4-8(9)10(13)2-1-5-14/h3-4,6,10,14H,1-2,5,13H2/t10-/m1/s1. The predicted molar refractivity (Wildman–Crippen MR) is 62.4 cm³/mol. The van der Waals surface area contributed by atoms with Crippen LogP contribution in [-0.2, 0) is 0 Å². The molecule has 0 fully saturated rings. The molecule has 4 heteroatoms. The Labute approximate surface area is 97.2 Å². The van der Waals surface area contributed by atoms with Crippen molar-refractivity contribution in [3.8, 4) is 0 Å². The Morgan fingerprint density at radius 2 is 2.21 bits per heavy atom. The average Bonchev–Trinajstić information content (AvgIpc) is 2.14. The van der Waals surface area contributed by atoms with E-state index >= 15 is 0 Å². The zero-order chi connectivity index (χ0) is 10.6. The maximum atomic E-state index is 8.69. The van der Waals surface area contributed by atoms with Gasteiger partial charge in [0.15, 0.2) is 0 Å². The third-order valence-corrected chi connectivity index (χ3v) is 2.96. The molecule has 0 amide bonds. The minimum absolute atomic E-state index is 0.0474. The van der Waals surface area contributed by atoms with Gasteiger partial charge in [0.1, 0.15) is 0 Å². The first-order chi connectivity index (χ1) is 6.65. The molecule has 0 heterocycles. The minimum Gasteiger partial charge on any atom is -0.396 e. The molecule has 0 spiro atoms. The van der Waals surface area contributed by atoms with Crippen molar-refractivity contribution >= 4 is 27.5 Å². The lowest BCUT2D eigenvalue weighted by Crippen LogP contribution is -2.11. The maximum Gasteiger partial charge on any atom is 0.0431 e. The molecule has 3 N–H and O–H groups in total. The average molecular weight is 279 g/mol. The van der Waals surface area contributed by atoms with Gasteiger partial charge in [-0.2, -0.15) is 0 Å². The van der Waals surface area contributed by atoms with E-state index in [9.17, 15) is 0 Å². The molecule has 1 aromatic rings. The van der Waals surface area contributed by atoms with Gasteiger partial charge < -0.3 is 10.8 Å². The Hall–Kier alpha value is -0.0900. The fourth-order valence-electron chi connectivity index (χ4n) is 1.27. The summed E-state index contributed by atoms with van der Waals surface area (Å²) < 4.78 is 0.926. The molecular weight excluding hydrogens is 265 g/mol. The number of nitrogens with two attached hydrogens (primary N) is 1. The zero-order valence-electron chi connectivity index (χ0n) is 7.71. The summed E-state index contributed by atoms with van der Waals surface area (Å²) in [5.74, 6) is 0. The maximum absolute atomic E-state index is 8.69. The van der Waals surface area contributed by atoms with Gasteiger partial charge in [-0.3, -0.25) is 0 Å². The smallest absolute Gasteiger partial charge is 0.0431 e. The highest BCUT2D eigenvalue weighted by molar-refractivity contribution is 9.10. The zero-order valence-corrected chi connectivity index (χ0v) is 10.1. The fourth-order valence-corrected chi connectivity index (χ4v) is 2.25. The minimum atomic E-state index is -0.0474. The van der Waals surface area contributed by atoms with E-state index in [2.05, 4.69) is 15.9 Å². The van der Waals surface area contributed by atoms with E-state index in [1.165, 1.54) is 0 Å². The molecule has 2 nitrogen and oxygen atoms in total. The van der Waals surface area contributed by atoms with Crippen LogP contribution in [0.4, 0.5) is 0 Å². The molecule has 0 radical (unpaired) electrons. The largest absolute Gasteiger partial charge is 0.396 e. The lowest BCUT2D eigenvalue weighted by Gasteiger charge is -2.13. The summed E-state index contributed by atoms with van der Waals surface area (Å²) in [5, 5.41) is 9.38. The normalized spacial score (nSPS) is 12.9. The van der Waals surface area contributed by atoms with Crippen LogP contribution in [0.1, 0.15) is 24.4 Å². The Kier molecular flexibility index (Phi) is 4.89. The summed E-state index contributed by atoms with van der Waals surface area (Å²) in [6, 6.07) is 5.51. The van der Waals surface area contributed by atoms with Gasteiger partial charge in [-0.1, -0.05) is 33.6 Å². The van der Waals surface area contributed by atoms with Gasteiger partial charge in [-0.25, -0.2) is 0 Å². The summed E-state index contributed by atoms with van der Waals surface area (Å²) in [6.07, 6.45) is 1.49. The summed E-state index contributed by atoms with van der Waals surface area (Å²) in [5.41, 5.74) is 6.98. The van der Waals surface area contributed by atoms with E-state index in [0.717, 1.165) is 22.9 Å². The lowest BCUT2D eigenvalue weighted by atomic mass is 10.0. The second kappa shape index (κ2) is 5.71. The first-order valence-corrected chi connectivity index (χ1v) is 5.63. The SMILES string of the molecule is N[C@H](CCCO)c1ccc(Cl)cc1Br. The third kappa shape index (κ3) is 3.24. The molecule has 0 saturated carbocycles. The molecule has 78 valence electrons. The van der Waals surface area contributed by atoms with Crippen molar-refractivity contribution in [2.24, 2.45) is 5.73 Å². The number of aliphatic hydroxyl groups excluding tert-OH is 1. The second-order valence-corrected chi connectivity index (χ2v) is 4.43. The first-order valence-electron chi connectivity index (χ1n) is 4.46. The molecule has 1 rings (SSSR count). The lowest BCUT2D eigenvalue weighted by molar-refractivity contribution is 0.280. The molecule has 0 aromatic heterocycles. The topological polar surface area (TPSA) is 46.2 Å². The molecule has 1 atom stereocenters. The van der Waals surface area contributed by atoms with Crippen LogP contribution in [0.5, 0.6) is 0 Å². The number of hydrogen-bond donors (Lipinski definition) is 2. The van der Waals surface area contributed by atoms with Gasteiger partial charge in [-0.05, 0) is 30.5 Å². The van der Waals surface area contributed by atoms with E-state index in [-0.39, 0.29) is 12.6 Å². The molecule has 0 aliphatic heterocycles. The highest BCUT2D eigenvalue weighted by Gasteiger charge is 2.09. The van der Waals surface area contributed by atoms with Crippen molar-refractivity contribution in [3.63, 3.8) is 0 Å². The highest BCUT2D eigenvalue weighted by atomic mass is 79.9. The molecular formula is C10H13BrClNO. The summed E-state index contributed by atoms with van der Waals surface area (Å²) in [6.45, 7) is 0.179. The molecule has 1 aromatic carbocycles. The van der Waals surface area contributed by atoms with Crippen molar-refractivity contribution in [3.05, 3.63) is 33.3 Å². The Morgan fingerprint density at radius 3 is 2.79 bits per heavy atom. The van der Waals surface area contributed by atoms with Gasteiger partial charge in [0, 0.05) is 22.1 Å². The second-order valence-electron chi connectivity index (χ2n) is 3.14. The Balaban J connectivity index is 2.74. The Morgan fingerprint density at radius 1 is 1.50 bits per heavy atom. The van der Waals surface area contributed by atoms with Crippen LogP contribution in [0.15, 0.2) is 22.7 Å². The molecule has 0 aliphatic carbocycles. The van der Waals surface area contributed by atoms with Gasteiger partial charge in [0.25, 0.3) is 0 Å². The summed E-state index contributed by atoms with van der Waals surface area (Å²) in [4.78, 5) is 0. The van der Waals surface area contributed by atoms with Crippen LogP contribution in [-0.4, -0.2) is 11.7 Å². The van der Waals surface area contributed by atoms with Gasteiger partial charge in [-0.15, -0.1) is 0 Å². The van der Waals surface area contributed by atoms with Crippen molar-refractivity contribution in [1.82, 2.24) is 0 Å². The van der Waals surface area contributed by atoms with E-state index < -0.39 is 0 Å². The molecule has 0 aliphatic rings. The van der Waals surface area contributed by atoms with Crippen LogP contribution >= 0.6 is 27.5 Å². The van der Waals surface area contributed by atoms with Crippen molar-refractivity contribution < 1.29 is 5.11 Å². The van der Waals surface area contributed by atoms with Crippen molar-refractivity contribution in [2.45, 2.75) is 18.9 Å². The molecule has 0 unspecified atom stereocenters. The van der Waals surface area contributed by atoms with Gasteiger partial charge in [0.05, 0.1) is 0 Å². The van der Waals surface area contributed by atoms with Crippen LogP contribution < -0.4 is 5.73 Å². The first kappa shape index (κ1) is 12.0. The predicted octanol–water partition coefficient (Wildman–Crippen LogP) is 2.87. The molecule has 14 heavy (non-hydrogen) atoms. The number of benzene rings is 1. The summed E-state index contributed by atoms with van der Waals surface area (Å²) in [7, 11) is 0. The monoisotopic (exact) mass is 277 g/mol. The number of aliphatic hydroxyl groups is 1. The number of rotatable bonds is 4. The van der Waals surface area contributed by atoms with Crippen LogP contribution in [0, 0.1) is 0 Å². The Bertz CT molecular complexity index is 306. The van der Waals surface area contributed by atoms with E-state index in [0.29, 0.717) is 5.02 Å². The summed E-state index contributed by atoms with van der Waals surface area (Å²) >= 11 is 9.23. The highest BCUT2D eigenvalue weighted by Crippen LogP contribution is 2.27. The fraction of sp³-hybridized carbons (Fsp3) is 0.400. The third-order valence-electron chi connectivity index (χ3n) is 2.04. The molecule has 0 saturated heterocycles. The van der Waals surface area contributed by atoms with E-state index in [1.807, 2.05) is 18.2 Å². The number of halogens is 2. The van der Waals surface area contributed by atoms with Crippen LogP contribution in [0.25, 0.3) is 0 Å². The molecule has 0 bridgehead atoms. The van der Waals surface area contributed by atoms with Gasteiger partial charge >= 0.3 is 0 Å². The van der Waals surface area contributed by atoms with Crippen LogP contribution in [0.3, 0.4) is 0 Å². The number of hydrogen-bond acceptors (Lipinski definition) is 2. The van der Waals surface area contributed by atoms with E-state index in [1.54, 1.807) is 0 Å². The van der Waals surface area contributed by atoms with Gasteiger partial charge in [0.2, 0.25) is 0 Å².